The molecule has 31 heavy (non-hydrogen) atoms. The van der Waals surface area contributed by atoms with Crippen LogP contribution in [0.3, 0.4) is 0 Å². The van der Waals surface area contributed by atoms with E-state index in [-0.39, 0.29) is 12.2 Å². The van der Waals surface area contributed by atoms with Crippen molar-refractivity contribution in [2.45, 2.75) is 50.5 Å². The van der Waals surface area contributed by atoms with E-state index < -0.39 is 18.6 Å². The van der Waals surface area contributed by atoms with E-state index >= 15 is 0 Å². The number of hydrogen-bond donors (Lipinski definition) is 4. The summed E-state index contributed by atoms with van der Waals surface area (Å²) in [5, 5.41) is 27.8. The molecule has 1 aromatic carbocycles. The third kappa shape index (κ3) is 6.43. The molecule has 0 radical (unpaired) electrons. The van der Waals surface area contributed by atoms with Gasteiger partial charge in [0.15, 0.2) is 0 Å². The summed E-state index contributed by atoms with van der Waals surface area (Å²) in [5.41, 5.74) is 7.69. The lowest BCUT2D eigenvalue weighted by atomic mass is 9.74. The lowest BCUT2D eigenvalue weighted by molar-refractivity contribution is -0.147. The lowest BCUT2D eigenvalue weighted by Crippen LogP contribution is -2.56. The SMILES string of the molecule is NC(CCCCB(O)O)(C(=O)O)C1CCN(Cc2ccccc2N2CCOCC2)CC1. The number of hydrogen-bond acceptors (Lipinski definition) is 7. The number of carbonyl (C=O) groups is 1. The van der Waals surface area contributed by atoms with Crippen molar-refractivity contribution >= 4 is 18.8 Å². The Morgan fingerprint density at radius 2 is 1.81 bits per heavy atom. The van der Waals surface area contributed by atoms with E-state index in [1.54, 1.807) is 0 Å². The van der Waals surface area contributed by atoms with Crippen molar-refractivity contribution in [3.63, 3.8) is 0 Å². The molecule has 5 N–H and O–H groups in total. The fraction of sp³-hybridized carbons (Fsp3) is 0.682. The molecule has 2 aliphatic heterocycles. The van der Waals surface area contributed by atoms with Crippen LogP contribution in [0.15, 0.2) is 24.3 Å². The van der Waals surface area contributed by atoms with Gasteiger partial charge in [-0.15, -0.1) is 0 Å². The van der Waals surface area contributed by atoms with Gasteiger partial charge in [0.25, 0.3) is 0 Å². The number of unbranched alkanes of at least 4 members (excludes halogenated alkanes) is 1. The van der Waals surface area contributed by atoms with Crippen LogP contribution in [0.25, 0.3) is 0 Å². The summed E-state index contributed by atoms with van der Waals surface area (Å²) >= 11 is 0. The zero-order valence-electron chi connectivity index (χ0n) is 18.3. The number of carboxylic acid groups (broad SMARTS) is 1. The highest BCUT2D eigenvalue weighted by Gasteiger charge is 2.43. The first-order valence-corrected chi connectivity index (χ1v) is 11.4. The summed E-state index contributed by atoms with van der Waals surface area (Å²) in [4.78, 5) is 16.8. The minimum Gasteiger partial charge on any atom is -0.480 e. The van der Waals surface area contributed by atoms with Gasteiger partial charge in [-0.3, -0.25) is 9.69 Å². The minimum absolute atomic E-state index is 0.0743. The molecule has 9 heteroatoms. The molecule has 0 bridgehead atoms. The zero-order valence-corrected chi connectivity index (χ0v) is 18.3. The highest BCUT2D eigenvalue weighted by molar-refractivity contribution is 6.40. The molecule has 172 valence electrons. The fourth-order valence-corrected chi connectivity index (χ4v) is 4.83. The number of carboxylic acids is 1. The number of nitrogens with two attached hydrogens (primary N) is 1. The first-order valence-electron chi connectivity index (χ1n) is 11.4. The number of likely N-dealkylation sites (tertiary alicyclic amines) is 1. The third-order valence-electron chi connectivity index (χ3n) is 6.75. The number of piperidine rings is 1. The Bertz CT molecular complexity index is 708. The summed E-state index contributed by atoms with van der Waals surface area (Å²) in [7, 11) is -1.35. The van der Waals surface area contributed by atoms with Crippen molar-refractivity contribution < 1.29 is 24.7 Å². The number of anilines is 1. The lowest BCUT2D eigenvalue weighted by Gasteiger charge is -2.40. The molecular formula is C22H36BN3O5. The van der Waals surface area contributed by atoms with Crippen LogP contribution in [-0.4, -0.2) is 78.1 Å². The summed E-state index contributed by atoms with van der Waals surface area (Å²) in [5.74, 6) is -1.03. The molecule has 0 saturated carbocycles. The Morgan fingerprint density at radius 3 is 2.45 bits per heavy atom. The Balaban J connectivity index is 1.56. The highest BCUT2D eigenvalue weighted by Crippen LogP contribution is 2.32. The number of rotatable bonds is 10. The van der Waals surface area contributed by atoms with E-state index in [0.717, 1.165) is 58.8 Å². The Labute approximate surface area is 185 Å². The van der Waals surface area contributed by atoms with Crippen LogP contribution < -0.4 is 10.6 Å². The van der Waals surface area contributed by atoms with Crippen LogP contribution in [0.4, 0.5) is 5.69 Å². The molecular weight excluding hydrogens is 397 g/mol. The molecule has 8 nitrogen and oxygen atoms in total. The van der Waals surface area contributed by atoms with E-state index in [2.05, 4.69) is 34.1 Å². The van der Waals surface area contributed by atoms with Gasteiger partial charge in [-0.2, -0.15) is 0 Å². The van der Waals surface area contributed by atoms with Gasteiger partial charge < -0.3 is 30.5 Å². The van der Waals surface area contributed by atoms with Crippen LogP contribution in [0.2, 0.25) is 6.32 Å². The molecule has 0 aromatic heterocycles. The van der Waals surface area contributed by atoms with Crippen molar-refractivity contribution in [3.05, 3.63) is 29.8 Å². The standard InChI is InChI=1S/C22H36BN3O5/c24-22(21(27)28,9-3-4-10-23(29)30)19-7-11-25(12-8-19)17-18-5-1-2-6-20(18)26-13-15-31-16-14-26/h1-2,5-6,19,29-30H,3-4,7-17,24H2,(H,27,28). The van der Waals surface area contributed by atoms with Gasteiger partial charge in [0, 0.05) is 25.3 Å². The predicted molar refractivity (Wildman–Crippen MR) is 121 cm³/mol. The highest BCUT2D eigenvalue weighted by atomic mass is 16.5. The number of nitrogens with zero attached hydrogens (tertiary/aromatic N) is 2. The van der Waals surface area contributed by atoms with Crippen molar-refractivity contribution in [3.8, 4) is 0 Å². The van der Waals surface area contributed by atoms with Crippen LogP contribution in [0, 0.1) is 5.92 Å². The number of para-hydroxylation sites is 1. The van der Waals surface area contributed by atoms with Gasteiger partial charge in [-0.1, -0.05) is 31.0 Å². The smallest absolute Gasteiger partial charge is 0.451 e. The van der Waals surface area contributed by atoms with E-state index in [0.29, 0.717) is 19.3 Å². The van der Waals surface area contributed by atoms with Gasteiger partial charge in [-0.25, -0.2) is 0 Å². The van der Waals surface area contributed by atoms with Gasteiger partial charge in [0.2, 0.25) is 0 Å². The summed E-state index contributed by atoms with van der Waals surface area (Å²) < 4.78 is 5.48. The number of benzene rings is 1. The number of ether oxygens (including phenoxy) is 1. The van der Waals surface area contributed by atoms with E-state index in [4.69, 9.17) is 20.5 Å². The van der Waals surface area contributed by atoms with Crippen molar-refractivity contribution in [1.29, 1.82) is 0 Å². The largest absolute Gasteiger partial charge is 0.480 e. The Kier molecular flexibility index (Phi) is 8.74. The number of aliphatic carboxylic acids is 1. The molecule has 2 saturated heterocycles. The molecule has 0 aliphatic carbocycles. The average molecular weight is 433 g/mol. The first-order chi connectivity index (χ1) is 14.9. The monoisotopic (exact) mass is 433 g/mol. The van der Waals surface area contributed by atoms with Crippen molar-refractivity contribution in [2.24, 2.45) is 11.7 Å². The van der Waals surface area contributed by atoms with Crippen LogP contribution in [0.5, 0.6) is 0 Å². The fourth-order valence-electron chi connectivity index (χ4n) is 4.83. The van der Waals surface area contributed by atoms with Crippen LogP contribution in [-0.2, 0) is 16.1 Å². The molecule has 2 aliphatic rings. The summed E-state index contributed by atoms with van der Waals surface area (Å²) in [6.07, 6.45) is 3.25. The second-order valence-corrected chi connectivity index (χ2v) is 8.85. The Morgan fingerprint density at radius 1 is 1.13 bits per heavy atom. The molecule has 2 heterocycles. The minimum atomic E-state index is -1.35. The summed E-state index contributed by atoms with van der Waals surface area (Å²) in [6, 6.07) is 8.50. The van der Waals surface area contributed by atoms with Gasteiger partial charge >= 0.3 is 13.1 Å². The molecule has 0 amide bonds. The molecule has 1 atom stereocenters. The first kappa shape index (κ1) is 24.0. The molecule has 3 rings (SSSR count). The third-order valence-corrected chi connectivity index (χ3v) is 6.75. The summed E-state index contributed by atoms with van der Waals surface area (Å²) in [6.45, 7) is 5.81. The maximum Gasteiger partial charge on any atom is 0.451 e. The molecule has 0 spiro atoms. The molecule has 1 aromatic rings. The van der Waals surface area contributed by atoms with E-state index in [1.807, 2.05) is 0 Å². The average Bonchev–Trinajstić information content (AvgIpc) is 2.78. The normalized spacial score (nSPS) is 20.4. The van der Waals surface area contributed by atoms with E-state index in [9.17, 15) is 9.90 Å². The maximum atomic E-state index is 12.0. The topological polar surface area (TPSA) is 119 Å². The van der Waals surface area contributed by atoms with Gasteiger partial charge in [0.1, 0.15) is 5.54 Å². The predicted octanol–water partition coefficient (Wildman–Crippen LogP) is 1.16. The van der Waals surface area contributed by atoms with Crippen molar-refractivity contribution in [2.75, 3.05) is 44.3 Å². The number of morpholine rings is 1. The second kappa shape index (κ2) is 11.3. The van der Waals surface area contributed by atoms with E-state index in [1.165, 1.54) is 11.3 Å². The second-order valence-electron chi connectivity index (χ2n) is 8.85. The molecule has 2 fully saturated rings. The van der Waals surface area contributed by atoms with Gasteiger partial charge in [0.05, 0.1) is 13.2 Å². The Hall–Kier alpha value is -1.65. The van der Waals surface area contributed by atoms with Crippen LogP contribution in [0.1, 0.15) is 37.7 Å². The zero-order chi connectivity index (χ0) is 22.3. The van der Waals surface area contributed by atoms with Crippen LogP contribution >= 0.6 is 0 Å². The van der Waals surface area contributed by atoms with Gasteiger partial charge in [-0.05, 0) is 56.2 Å². The molecule has 1 unspecified atom stereocenters. The maximum absolute atomic E-state index is 12.0. The quantitative estimate of drug-likeness (QED) is 0.321. The van der Waals surface area contributed by atoms with Crippen molar-refractivity contribution in [1.82, 2.24) is 4.90 Å².